The van der Waals surface area contributed by atoms with Gasteiger partial charge < -0.3 is 19.9 Å². The van der Waals surface area contributed by atoms with Gasteiger partial charge in [-0.2, -0.15) is 4.98 Å². The molecule has 0 bridgehead atoms. The number of fused-ring (bicyclic) bond motifs is 3. The number of rotatable bonds is 4. The summed E-state index contributed by atoms with van der Waals surface area (Å²) in [7, 11) is 0. The summed E-state index contributed by atoms with van der Waals surface area (Å²) < 4.78 is 12.3. The third-order valence-corrected chi connectivity index (χ3v) is 5.31. The van der Waals surface area contributed by atoms with Crippen LogP contribution < -0.4 is 14.8 Å². The average molecular weight is 461 g/mol. The molecule has 1 unspecified atom stereocenters. The van der Waals surface area contributed by atoms with E-state index in [1.807, 2.05) is 37.4 Å². The predicted octanol–water partition coefficient (Wildman–Crippen LogP) is 4.63. The van der Waals surface area contributed by atoms with Gasteiger partial charge in [-0.1, -0.05) is 30.0 Å². The van der Waals surface area contributed by atoms with Crippen LogP contribution in [-0.4, -0.2) is 33.2 Å². The van der Waals surface area contributed by atoms with Crippen molar-refractivity contribution in [1.82, 2.24) is 15.2 Å². The lowest BCUT2D eigenvalue weighted by atomic mass is 10.1. The second-order valence-electron chi connectivity index (χ2n) is 5.92. The Bertz CT molecular complexity index is 1030. The van der Waals surface area contributed by atoms with Gasteiger partial charge >= 0.3 is 0 Å². The minimum absolute atomic E-state index is 0.0497. The van der Waals surface area contributed by atoms with Gasteiger partial charge in [0.05, 0.1) is 11.1 Å². The fourth-order valence-corrected chi connectivity index (χ4v) is 3.65. The topological polar surface area (TPSA) is 89.4 Å². The van der Waals surface area contributed by atoms with Crippen LogP contribution in [0.3, 0.4) is 0 Å². The third kappa shape index (κ3) is 3.47. The van der Waals surface area contributed by atoms with Crippen molar-refractivity contribution in [3.05, 3.63) is 46.4 Å². The zero-order valence-electron chi connectivity index (χ0n) is 15.1. The molecule has 1 aliphatic rings. The van der Waals surface area contributed by atoms with Crippen LogP contribution in [0, 0.1) is 0 Å². The lowest BCUT2D eigenvalue weighted by molar-refractivity contribution is 0.224. The second kappa shape index (κ2) is 7.84. The molecule has 0 radical (unpaired) electrons. The predicted molar refractivity (Wildman–Crippen MR) is 111 cm³/mol. The Hall–Kier alpha value is -2.52. The van der Waals surface area contributed by atoms with E-state index in [0.717, 1.165) is 16.8 Å². The number of nitrogens with one attached hydrogen (secondary N) is 1. The Morgan fingerprint density at radius 1 is 1.29 bits per heavy atom. The molecule has 9 heteroatoms. The Morgan fingerprint density at radius 3 is 2.89 bits per heavy atom. The first-order valence-electron chi connectivity index (χ1n) is 8.57. The quantitative estimate of drug-likeness (QED) is 0.544. The number of nitrogens with zero attached hydrogens (tertiary/aromatic N) is 3. The van der Waals surface area contributed by atoms with Gasteiger partial charge in [0.1, 0.15) is 0 Å². The van der Waals surface area contributed by atoms with Gasteiger partial charge in [0.25, 0.3) is 0 Å². The molecule has 1 aromatic heterocycles. The number of thioether (sulfide) groups is 1. The molecule has 4 rings (SSSR count). The highest BCUT2D eigenvalue weighted by Gasteiger charge is 2.27. The van der Waals surface area contributed by atoms with Gasteiger partial charge in [-0.25, -0.2) is 0 Å². The maximum Gasteiger partial charge on any atom is 0.247 e. The number of hydrogen-bond acceptors (Lipinski definition) is 8. The molecule has 7 nitrogen and oxygen atoms in total. The number of anilines is 1. The van der Waals surface area contributed by atoms with E-state index in [4.69, 9.17) is 9.47 Å². The summed E-state index contributed by atoms with van der Waals surface area (Å²) in [5.41, 5.74) is 3.04. The summed E-state index contributed by atoms with van der Waals surface area (Å²) >= 11 is 4.78. The molecule has 2 heterocycles. The average Bonchev–Trinajstić information content (AvgIpc) is 2.87. The standard InChI is InChI=1S/C19H17BrN4O3S/c1-3-26-14-9-10(8-12(20)16(14)25)17-21-13-7-5-4-6-11(13)15-18(27-17)22-19(28-2)24-23-15/h4-9,17,21,25H,3H2,1-2H3. The van der Waals surface area contributed by atoms with Crippen LogP contribution >= 0.6 is 27.7 Å². The molecule has 0 aliphatic carbocycles. The first kappa shape index (κ1) is 18.8. The minimum atomic E-state index is -0.565. The summed E-state index contributed by atoms with van der Waals surface area (Å²) in [5.74, 6) is 0.818. The molecule has 0 spiro atoms. The van der Waals surface area contributed by atoms with Crippen LogP contribution in [0.15, 0.2) is 46.0 Å². The Balaban J connectivity index is 1.84. The molecule has 1 aliphatic heterocycles. The van der Waals surface area contributed by atoms with Crippen LogP contribution in [0.25, 0.3) is 11.3 Å². The molecule has 2 N–H and O–H groups in total. The van der Waals surface area contributed by atoms with E-state index in [9.17, 15) is 5.11 Å². The van der Waals surface area contributed by atoms with Gasteiger partial charge in [0, 0.05) is 16.8 Å². The molecule has 0 fully saturated rings. The van der Waals surface area contributed by atoms with Crippen LogP contribution in [0.5, 0.6) is 17.4 Å². The van der Waals surface area contributed by atoms with E-state index in [1.165, 1.54) is 11.8 Å². The van der Waals surface area contributed by atoms with Crippen molar-refractivity contribution in [3.8, 4) is 28.6 Å². The molecule has 28 heavy (non-hydrogen) atoms. The first-order chi connectivity index (χ1) is 13.6. The van der Waals surface area contributed by atoms with Crippen LogP contribution in [0.2, 0.25) is 0 Å². The lowest BCUT2D eigenvalue weighted by Crippen LogP contribution is -2.17. The van der Waals surface area contributed by atoms with Crippen molar-refractivity contribution < 1.29 is 14.6 Å². The number of para-hydroxylation sites is 1. The molecular weight excluding hydrogens is 444 g/mol. The number of aromatic hydroxyl groups is 1. The first-order valence-corrected chi connectivity index (χ1v) is 10.6. The van der Waals surface area contributed by atoms with E-state index in [2.05, 4.69) is 36.4 Å². The number of hydrogen-bond donors (Lipinski definition) is 2. The molecule has 0 amide bonds. The minimum Gasteiger partial charge on any atom is -0.503 e. The summed E-state index contributed by atoms with van der Waals surface area (Å²) in [6.07, 6.45) is 1.32. The van der Waals surface area contributed by atoms with Crippen molar-refractivity contribution in [2.24, 2.45) is 0 Å². The van der Waals surface area contributed by atoms with Crippen LogP contribution in [-0.2, 0) is 0 Å². The summed E-state index contributed by atoms with van der Waals surface area (Å²) in [4.78, 5) is 4.50. The number of benzene rings is 2. The van der Waals surface area contributed by atoms with Crippen molar-refractivity contribution in [2.45, 2.75) is 18.3 Å². The smallest absolute Gasteiger partial charge is 0.247 e. The van der Waals surface area contributed by atoms with E-state index < -0.39 is 6.23 Å². The van der Waals surface area contributed by atoms with Gasteiger partial charge in [0.2, 0.25) is 11.0 Å². The number of ether oxygens (including phenoxy) is 2. The highest BCUT2D eigenvalue weighted by molar-refractivity contribution is 9.10. The molecule has 0 saturated heterocycles. The Labute approximate surface area is 174 Å². The van der Waals surface area contributed by atoms with Crippen molar-refractivity contribution in [2.75, 3.05) is 18.2 Å². The highest BCUT2D eigenvalue weighted by Crippen LogP contribution is 2.42. The molecule has 0 saturated carbocycles. The van der Waals surface area contributed by atoms with E-state index in [0.29, 0.717) is 33.6 Å². The lowest BCUT2D eigenvalue weighted by Gasteiger charge is -2.21. The monoisotopic (exact) mass is 460 g/mol. The van der Waals surface area contributed by atoms with Crippen molar-refractivity contribution in [1.29, 1.82) is 0 Å². The third-order valence-electron chi connectivity index (χ3n) is 4.17. The normalized spacial score (nSPS) is 14.9. The maximum atomic E-state index is 10.2. The zero-order chi connectivity index (χ0) is 19.7. The Morgan fingerprint density at radius 2 is 2.11 bits per heavy atom. The van der Waals surface area contributed by atoms with Crippen LogP contribution in [0.4, 0.5) is 5.69 Å². The highest BCUT2D eigenvalue weighted by atomic mass is 79.9. The maximum absolute atomic E-state index is 10.2. The van der Waals surface area contributed by atoms with Gasteiger partial charge in [0.15, 0.2) is 23.4 Å². The zero-order valence-corrected chi connectivity index (χ0v) is 17.5. The van der Waals surface area contributed by atoms with Crippen molar-refractivity contribution in [3.63, 3.8) is 0 Å². The molecule has 2 aromatic carbocycles. The molecule has 1 atom stereocenters. The molecule has 144 valence electrons. The Kier molecular flexibility index (Phi) is 5.27. The molecular formula is C19H17BrN4O3S. The number of aromatic nitrogens is 3. The van der Waals surface area contributed by atoms with Gasteiger partial charge in [-0.05, 0) is 47.3 Å². The van der Waals surface area contributed by atoms with Crippen LogP contribution in [0.1, 0.15) is 18.7 Å². The van der Waals surface area contributed by atoms with Gasteiger partial charge in [-0.3, -0.25) is 0 Å². The summed E-state index contributed by atoms with van der Waals surface area (Å²) in [6.45, 7) is 2.29. The van der Waals surface area contributed by atoms with E-state index in [-0.39, 0.29) is 5.75 Å². The summed E-state index contributed by atoms with van der Waals surface area (Å²) in [6, 6.07) is 11.3. The van der Waals surface area contributed by atoms with E-state index in [1.54, 1.807) is 12.1 Å². The second-order valence-corrected chi connectivity index (χ2v) is 7.55. The fourth-order valence-electron chi connectivity index (χ4n) is 2.90. The van der Waals surface area contributed by atoms with Gasteiger partial charge in [-0.15, -0.1) is 10.2 Å². The number of phenols is 1. The number of halogens is 1. The largest absolute Gasteiger partial charge is 0.503 e. The number of phenolic OH excluding ortho intramolecular Hbond substituents is 1. The SMILES string of the molecule is CCOc1cc(C2Nc3ccccc3-c3nnc(SC)nc3O2)cc(Br)c1O. The molecule has 3 aromatic rings. The van der Waals surface area contributed by atoms with E-state index >= 15 is 0 Å². The fraction of sp³-hybridized carbons (Fsp3) is 0.211. The van der Waals surface area contributed by atoms with Crippen molar-refractivity contribution >= 4 is 33.4 Å². The summed E-state index contributed by atoms with van der Waals surface area (Å²) in [5, 5.41) is 22.6.